The van der Waals surface area contributed by atoms with Gasteiger partial charge in [0.2, 0.25) is 0 Å². The highest BCUT2D eigenvalue weighted by atomic mass is 16.7. The first-order valence-electron chi connectivity index (χ1n) is 14.7. The zero-order valence-electron chi connectivity index (χ0n) is 24.1. The molecule has 1 aromatic carbocycles. The third-order valence-electron chi connectivity index (χ3n) is 6.71. The number of carbonyl (C=O) groups excluding carboxylic acids is 2. The Balaban J connectivity index is 2.33. The lowest BCUT2D eigenvalue weighted by Crippen LogP contribution is -2.31. The van der Waals surface area contributed by atoms with Crippen molar-refractivity contribution in [3.63, 3.8) is 0 Å². The Hall–Kier alpha value is -1.92. The van der Waals surface area contributed by atoms with Gasteiger partial charge in [-0.2, -0.15) is 0 Å². The van der Waals surface area contributed by atoms with Crippen molar-refractivity contribution in [1.29, 1.82) is 0 Å². The topological polar surface area (TPSA) is 73.9 Å². The maximum absolute atomic E-state index is 13.5. The van der Waals surface area contributed by atoms with Crippen LogP contribution in [0.2, 0.25) is 0 Å². The molecular weight excluding hydrogens is 466 g/mol. The summed E-state index contributed by atoms with van der Waals surface area (Å²) >= 11 is 0. The quantitative estimate of drug-likeness (QED) is 0.170. The maximum atomic E-state index is 13.5. The standard InChI is InChI=1S/C31H51NO5/c1-6-8-10-12-14-16-18-24-20-21-26(28(33)37-31(3,4)5)27(29(34)36-30-32-22-23-35-30)25(24)19-17-15-13-11-9-7-2/h20-21,30,32H,6-19,22-23H2,1-5H3. The van der Waals surface area contributed by atoms with E-state index in [9.17, 15) is 9.59 Å². The number of ether oxygens (including phenoxy) is 3. The lowest BCUT2D eigenvalue weighted by atomic mass is 9.89. The number of carbonyl (C=O) groups is 2. The number of hydrogen-bond donors (Lipinski definition) is 1. The molecule has 1 heterocycles. The predicted molar refractivity (Wildman–Crippen MR) is 149 cm³/mol. The van der Waals surface area contributed by atoms with Gasteiger partial charge in [-0.15, -0.1) is 0 Å². The number of aryl methyl sites for hydroxylation is 1. The molecule has 0 radical (unpaired) electrons. The summed E-state index contributed by atoms with van der Waals surface area (Å²) in [5.74, 6) is -1.01. The molecule has 6 heteroatoms. The summed E-state index contributed by atoms with van der Waals surface area (Å²) in [5.41, 5.74) is 2.05. The molecule has 1 aromatic rings. The monoisotopic (exact) mass is 517 g/mol. The highest BCUT2D eigenvalue weighted by molar-refractivity contribution is 6.04. The van der Waals surface area contributed by atoms with E-state index < -0.39 is 24.0 Å². The summed E-state index contributed by atoms with van der Waals surface area (Å²) in [6.45, 7) is 11.1. The summed E-state index contributed by atoms with van der Waals surface area (Å²) in [4.78, 5) is 26.8. The van der Waals surface area contributed by atoms with Gasteiger partial charge in [-0.1, -0.05) is 84.1 Å². The Bertz CT molecular complexity index is 824. The molecule has 0 aliphatic carbocycles. The molecule has 0 saturated carbocycles. The highest BCUT2D eigenvalue weighted by Gasteiger charge is 2.30. The molecule has 1 saturated heterocycles. The van der Waals surface area contributed by atoms with Crippen LogP contribution in [-0.4, -0.2) is 37.1 Å². The second kappa shape index (κ2) is 16.8. The number of esters is 2. The van der Waals surface area contributed by atoms with Crippen LogP contribution in [0.25, 0.3) is 0 Å². The Morgan fingerprint density at radius 2 is 1.46 bits per heavy atom. The van der Waals surface area contributed by atoms with Crippen molar-refractivity contribution < 1.29 is 23.8 Å². The van der Waals surface area contributed by atoms with E-state index in [2.05, 4.69) is 19.2 Å². The average molecular weight is 518 g/mol. The van der Waals surface area contributed by atoms with Crippen molar-refractivity contribution in [3.8, 4) is 0 Å². The first-order chi connectivity index (χ1) is 17.8. The molecule has 6 nitrogen and oxygen atoms in total. The van der Waals surface area contributed by atoms with Gasteiger partial charge in [0, 0.05) is 6.54 Å². The second-order valence-corrected chi connectivity index (χ2v) is 11.2. The number of hydrogen-bond acceptors (Lipinski definition) is 6. The minimum Gasteiger partial charge on any atom is -0.456 e. The van der Waals surface area contributed by atoms with Crippen LogP contribution in [0.3, 0.4) is 0 Å². The molecule has 1 unspecified atom stereocenters. The van der Waals surface area contributed by atoms with Crippen LogP contribution in [0.15, 0.2) is 12.1 Å². The van der Waals surface area contributed by atoms with Crippen molar-refractivity contribution in [2.75, 3.05) is 13.2 Å². The van der Waals surface area contributed by atoms with E-state index in [1.807, 2.05) is 26.8 Å². The van der Waals surface area contributed by atoms with Gasteiger partial charge < -0.3 is 14.2 Å². The van der Waals surface area contributed by atoms with E-state index in [0.717, 1.165) is 43.2 Å². The molecule has 37 heavy (non-hydrogen) atoms. The number of rotatable bonds is 17. The van der Waals surface area contributed by atoms with Crippen LogP contribution in [0.5, 0.6) is 0 Å². The summed E-state index contributed by atoms with van der Waals surface area (Å²) in [5, 5.41) is 3.03. The molecular formula is C31H51NO5. The third-order valence-corrected chi connectivity index (χ3v) is 6.71. The molecule has 0 bridgehead atoms. The van der Waals surface area contributed by atoms with Gasteiger partial charge >= 0.3 is 11.9 Å². The van der Waals surface area contributed by atoms with Crippen LogP contribution in [0.4, 0.5) is 0 Å². The predicted octanol–water partition coefficient (Wildman–Crippen LogP) is 7.51. The van der Waals surface area contributed by atoms with E-state index in [4.69, 9.17) is 14.2 Å². The molecule has 0 spiro atoms. The van der Waals surface area contributed by atoms with Crippen LogP contribution in [0, 0.1) is 0 Å². The molecule has 1 aliphatic rings. The Morgan fingerprint density at radius 3 is 2.03 bits per heavy atom. The van der Waals surface area contributed by atoms with Crippen LogP contribution in [-0.2, 0) is 27.1 Å². The zero-order valence-corrected chi connectivity index (χ0v) is 24.1. The maximum Gasteiger partial charge on any atom is 0.342 e. The largest absolute Gasteiger partial charge is 0.456 e. The van der Waals surface area contributed by atoms with Crippen molar-refractivity contribution in [2.45, 2.75) is 137 Å². The van der Waals surface area contributed by atoms with Crippen molar-refractivity contribution in [2.24, 2.45) is 0 Å². The average Bonchev–Trinajstić information content (AvgIpc) is 3.35. The van der Waals surface area contributed by atoms with E-state index >= 15 is 0 Å². The first-order valence-corrected chi connectivity index (χ1v) is 14.7. The SMILES string of the molecule is CCCCCCCCc1ccc(C(=O)OC(C)(C)C)c(C(=O)OC2NCCO2)c1CCCCCCCC. The van der Waals surface area contributed by atoms with Crippen LogP contribution >= 0.6 is 0 Å². The van der Waals surface area contributed by atoms with Gasteiger partial charge in [0.1, 0.15) is 5.60 Å². The summed E-state index contributed by atoms with van der Waals surface area (Å²) in [6, 6.07) is 3.78. The van der Waals surface area contributed by atoms with E-state index in [-0.39, 0.29) is 5.56 Å². The number of benzene rings is 1. The minimum atomic E-state index is -0.789. The van der Waals surface area contributed by atoms with Gasteiger partial charge in [0.05, 0.1) is 17.7 Å². The van der Waals surface area contributed by atoms with Crippen molar-refractivity contribution in [1.82, 2.24) is 5.32 Å². The Labute approximate surface area is 225 Å². The lowest BCUT2D eigenvalue weighted by Gasteiger charge is -2.23. The Morgan fingerprint density at radius 1 is 0.865 bits per heavy atom. The first kappa shape index (κ1) is 31.3. The van der Waals surface area contributed by atoms with Crippen molar-refractivity contribution in [3.05, 3.63) is 34.4 Å². The van der Waals surface area contributed by atoms with Crippen LogP contribution < -0.4 is 5.32 Å². The van der Waals surface area contributed by atoms with E-state index in [1.165, 1.54) is 57.8 Å². The molecule has 210 valence electrons. The number of nitrogens with one attached hydrogen (secondary N) is 1. The molecule has 1 fully saturated rings. The second-order valence-electron chi connectivity index (χ2n) is 11.2. The number of unbranched alkanes of at least 4 members (excludes halogenated alkanes) is 10. The lowest BCUT2D eigenvalue weighted by molar-refractivity contribution is -0.0884. The normalized spacial score (nSPS) is 15.6. The molecule has 1 aliphatic heterocycles. The highest BCUT2D eigenvalue weighted by Crippen LogP contribution is 2.27. The van der Waals surface area contributed by atoms with Gasteiger partial charge in [-0.25, -0.2) is 9.59 Å². The fourth-order valence-electron chi connectivity index (χ4n) is 4.76. The summed E-state index contributed by atoms with van der Waals surface area (Å²) < 4.78 is 16.8. The Kier molecular flexibility index (Phi) is 14.2. The van der Waals surface area contributed by atoms with E-state index in [1.54, 1.807) is 6.07 Å². The summed E-state index contributed by atoms with van der Waals surface area (Å²) in [6.07, 6.45) is 15.1. The van der Waals surface area contributed by atoms with Gasteiger partial charge in [0.15, 0.2) is 0 Å². The van der Waals surface area contributed by atoms with Gasteiger partial charge in [-0.3, -0.25) is 5.32 Å². The summed E-state index contributed by atoms with van der Waals surface area (Å²) in [7, 11) is 0. The van der Waals surface area contributed by atoms with Crippen LogP contribution in [0.1, 0.15) is 144 Å². The van der Waals surface area contributed by atoms with Crippen molar-refractivity contribution >= 4 is 11.9 Å². The van der Waals surface area contributed by atoms with E-state index in [0.29, 0.717) is 18.7 Å². The molecule has 0 amide bonds. The molecule has 2 rings (SSSR count). The zero-order chi connectivity index (χ0) is 27.1. The fraction of sp³-hybridized carbons (Fsp3) is 0.742. The minimum absolute atomic E-state index is 0.283. The van der Waals surface area contributed by atoms with Gasteiger partial charge in [0.25, 0.3) is 6.41 Å². The third kappa shape index (κ3) is 11.6. The molecule has 1 N–H and O–H groups in total. The molecule has 1 atom stereocenters. The fourth-order valence-corrected chi connectivity index (χ4v) is 4.76. The molecule has 0 aromatic heterocycles. The smallest absolute Gasteiger partial charge is 0.342 e. The van der Waals surface area contributed by atoms with Gasteiger partial charge in [-0.05, 0) is 63.6 Å².